The molecule has 1 aromatic rings. The normalized spacial score (nSPS) is 12.4. The molecule has 3 heteroatoms. The number of aryl methyl sites for hydroxylation is 1. The topological polar surface area (TPSA) is 47.3 Å². The number of hydrogen-bond acceptors (Lipinski definition) is 3. The molecule has 0 saturated carbocycles. The lowest BCUT2D eigenvalue weighted by Gasteiger charge is -2.10. The molecule has 102 valence electrons. The third-order valence-electron chi connectivity index (χ3n) is 2.91. The minimum Gasteiger partial charge on any atom is -0.494 e. The van der Waals surface area contributed by atoms with Crippen molar-refractivity contribution in [2.24, 2.45) is 5.73 Å². The van der Waals surface area contributed by atoms with Gasteiger partial charge in [0.2, 0.25) is 0 Å². The fourth-order valence-electron chi connectivity index (χ4n) is 1.87. The smallest absolute Gasteiger partial charge is 0.122 e. The van der Waals surface area contributed by atoms with E-state index < -0.39 is 0 Å². The number of nitrogens with one attached hydrogen (secondary N) is 1. The van der Waals surface area contributed by atoms with Crippen molar-refractivity contribution in [3.05, 3.63) is 29.3 Å². The van der Waals surface area contributed by atoms with E-state index in [1.807, 2.05) is 13.8 Å². The molecular formula is C15H26N2O. The summed E-state index contributed by atoms with van der Waals surface area (Å²) in [6.45, 7) is 8.86. The first-order chi connectivity index (χ1) is 8.63. The van der Waals surface area contributed by atoms with Crippen LogP contribution in [0.1, 0.15) is 31.4 Å². The highest BCUT2D eigenvalue weighted by molar-refractivity contribution is 5.36. The first kappa shape index (κ1) is 15.0. The quantitative estimate of drug-likeness (QED) is 0.696. The molecule has 0 aromatic heterocycles. The zero-order valence-corrected chi connectivity index (χ0v) is 11.8. The Morgan fingerprint density at radius 1 is 1.33 bits per heavy atom. The van der Waals surface area contributed by atoms with Gasteiger partial charge in [-0.15, -0.1) is 0 Å². The second-order valence-corrected chi connectivity index (χ2v) is 4.80. The minimum absolute atomic E-state index is 0.283. The summed E-state index contributed by atoms with van der Waals surface area (Å²) in [7, 11) is 0. The average Bonchev–Trinajstić information content (AvgIpc) is 2.32. The lowest BCUT2D eigenvalue weighted by Crippen LogP contribution is -2.25. The van der Waals surface area contributed by atoms with Gasteiger partial charge in [0, 0.05) is 6.04 Å². The highest BCUT2D eigenvalue weighted by atomic mass is 16.5. The van der Waals surface area contributed by atoms with Crippen LogP contribution in [0, 0.1) is 6.92 Å². The third kappa shape index (κ3) is 5.52. The van der Waals surface area contributed by atoms with Gasteiger partial charge in [0.05, 0.1) is 6.61 Å². The molecule has 1 atom stereocenters. The predicted octanol–water partition coefficient (Wildman–Crippen LogP) is 2.26. The maximum atomic E-state index is 5.70. The Balaban J connectivity index is 2.32. The first-order valence-electron chi connectivity index (χ1n) is 6.82. The molecule has 0 aliphatic heterocycles. The lowest BCUT2D eigenvalue weighted by molar-refractivity contribution is 0.338. The van der Waals surface area contributed by atoms with Gasteiger partial charge in [0.1, 0.15) is 5.75 Å². The van der Waals surface area contributed by atoms with E-state index in [-0.39, 0.29) is 6.04 Å². The fourth-order valence-corrected chi connectivity index (χ4v) is 1.87. The number of benzene rings is 1. The summed E-state index contributed by atoms with van der Waals surface area (Å²) in [5.41, 5.74) is 8.26. The summed E-state index contributed by atoms with van der Waals surface area (Å²) in [4.78, 5) is 0. The van der Waals surface area contributed by atoms with Gasteiger partial charge in [0.25, 0.3) is 0 Å². The van der Waals surface area contributed by atoms with Crippen molar-refractivity contribution in [1.82, 2.24) is 5.32 Å². The third-order valence-corrected chi connectivity index (χ3v) is 2.91. The first-order valence-corrected chi connectivity index (χ1v) is 6.82. The van der Waals surface area contributed by atoms with Gasteiger partial charge in [-0.1, -0.05) is 12.1 Å². The summed E-state index contributed by atoms with van der Waals surface area (Å²) >= 11 is 0. The number of nitrogens with two attached hydrogens (primary N) is 1. The van der Waals surface area contributed by atoms with Crippen molar-refractivity contribution in [3.63, 3.8) is 0 Å². The summed E-state index contributed by atoms with van der Waals surface area (Å²) in [6, 6.07) is 6.70. The van der Waals surface area contributed by atoms with Crippen molar-refractivity contribution < 1.29 is 4.74 Å². The molecule has 3 nitrogen and oxygen atoms in total. The molecule has 0 amide bonds. The van der Waals surface area contributed by atoms with Crippen LogP contribution in [-0.2, 0) is 6.42 Å². The SMILES string of the molecule is CCOc1ccc(CCNCCC(C)N)cc1C. The summed E-state index contributed by atoms with van der Waals surface area (Å²) in [5, 5.41) is 3.41. The lowest BCUT2D eigenvalue weighted by atomic mass is 10.1. The molecule has 0 heterocycles. The summed E-state index contributed by atoms with van der Waals surface area (Å²) < 4.78 is 5.53. The Morgan fingerprint density at radius 3 is 2.72 bits per heavy atom. The van der Waals surface area contributed by atoms with E-state index in [1.54, 1.807) is 0 Å². The van der Waals surface area contributed by atoms with Crippen molar-refractivity contribution >= 4 is 0 Å². The molecule has 0 radical (unpaired) electrons. The van der Waals surface area contributed by atoms with Crippen LogP contribution in [0.15, 0.2) is 18.2 Å². The van der Waals surface area contributed by atoms with E-state index in [4.69, 9.17) is 10.5 Å². The van der Waals surface area contributed by atoms with Crippen molar-refractivity contribution in [2.45, 2.75) is 39.7 Å². The summed E-state index contributed by atoms with van der Waals surface area (Å²) in [6.07, 6.45) is 2.08. The van der Waals surface area contributed by atoms with Crippen LogP contribution >= 0.6 is 0 Å². The summed E-state index contributed by atoms with van der Waals surface area (Å²) in [5.74, 6) is 0.992. The molecule has 0 bridgehead atoms. The standard InChI is InChI=1S/C15H26N2O/c1-4-18-15-6-5-14(11-12(15)2)8-10-17-9-7-13(3)16/h5-6,11,13,17H,4,7-10,16H2,1-3H3. The molecule has 0 fully saturated rings. The van der Waals surface area contributed by atoms with Gasteiger partial charge in [-0.25, -0.2) is 0 Å². The van der Waals surface area contributed by atoms with Gasteiger partial charge in [0.15, 0.2) is 0 Å². The Labute approximate surface area is 111 Å². The highest BCUT2D eigenvalue weighted by Gasteiger charge is 2.00. The molecule has 0 spiro atoms. The van der Waals surface area contributed by atoms with Gasteiger partial charge < -0.3 is 15.8 Å². The van der Waals surface area contributed by atoms with Crippen LogP contribution in [0.4, 0.5) is 0 Å². The van der Waals surface area contributed by atoms with Crippen molar-refractivity contribution in [1.29, 1.82) is 0 Å². The number of ether oxygens (including phenoxy) is 1. The van der Waals surface area contributed by atoms with E-state index >= 15 is 0 Å². The monoisotopic (exact) mass is 250 g/mol. The van der Waals surface area contributed by atoms with E-state index in [9.17, 15) is 0 Å². The van der Waals surface area contributed by atoms with E-state index in [0.29, 0.717) is 0 Å². The van der Waals surface area contributed by atoms with Crippen LogP contribution in [0.5, 0.6) is 5.75 Å². The average molecular weight is 250 g/mol. The number of rotatable bonds is 8. The van der Waals surface area contributed by atoms with Crippen LogP contribution in [0.2, 0.25) is 0 Å². The maximum Gasteiger partial charge on any atom is 0.122 e. The Bertz CT molecular complexity index is 350. The van der Waals surface area contributed by atoms with Gasteiger partial charge in [-0.05, 0) is 63.9 Å². The van der Waals surface area contributed by atoms with Gasteiger partial charge in [-0.2, -0.15) is 0 Å². The highest BCUT2D eigenvalue weighted by Crippen LogP contribution is 2.19. The van der Waals surface area contributed by atoms with Crippen LogP contribution < -0.4 is 15.8 Å². The zero-order valence-electron chi connectivity index (χ0n) is 11.8. The van der Waals surface area contributed by atoms with Gasteiger partial charge >= 0.3 is 0 Å². The van der Waals surface area contributed by atoms with Crippen LogP contribution in [-0.4, -0.2) is 25.7 Å². The minimum atomic E-state index is 0.283. The fraction of sp³-hybridized carbons (Fsp3) is 0.600. The van der Waals surface area contributed by atoms with Crippen LogP contribution in [0.25, 0.3) is 0 Å². The second kappa shape index (κ2) is 8.11. The maximum absolute atomic E-state index is 5.70. The number of hydrogen-bond donors (Lipinski definition) is 2. The Hall–Kier alpha value is -1.06. The van der Waals surface area contributed by atoms with Crippen LogP contribution in [0.3, 0.4) is 0 Å². The molecule has 0 aliphatic carbocycles. The van der Waals surface area contributed by atoms with E-state index in [1.165, 1.54) is 11.1 Å². The molecule has 0 aliphatic rings. The molecule has 1 aromatic carbocycles. The molecule has 1 rings (SSSR count). The van der Waals surface area contributed by atoms with Crippen molar-refractivity contribution in [3.8, 4) is 5.75 Å². The zero-order chi connectivity index (χ0) is 13.4. The molecular weight excluding hydrogens is 224 g/mol. The van der Waals surface area contributed by atoms with Gasteiger partial charge in [-0.3, -0.25) is 0 Å². The Kier molecular flexibility index (Phi) is 6.76. The molecule has 1 unspecified atom stereocenters. The molecule has 0 saturated heterocycles. The van der Waals surface area contributed by atoms with E-state index in [2.05, 4.69) is 30.4 Å². The molecule has 18 heavy (non-hydrogen) atoms. The second-order valence-electron chi connectivity index (χ2n) is 4.80. The Morgan fingerprint density at radius 2 is 2.11 bits per heavy atom. The molecule has 3 N–H and O–H groups in total. The largest absolute Gasteiger partial charge is 0.494 e. The van der Waals surface area contributed by atoms with E-state index in [0.717, 1.165) is 38.3 Å². The van der Waals surface area contributed by atoms with Crippen molar-refractivity contribution in [2.75, 3.05) is 19.7 Å². The predicted molar refractivity (Wildman–Crippen MR) is 77.2 cm³/mol.